The summed E-state index contributed by atoms with van der Waals surface area (Å²) < 4.78 is 40.4. The van der Waals surface area contributed by atoms with Crippen molar-refractivity contribution in [1.82, 2.24) is 0 Å². The van der Waals surface area contributed by atoms with Crippen molar-refractivity contribution in [3.8, 4) is 0 Å². The van der Waals surface area contributed by atoms with E-state index >= 15 is 0 Å². The summed E-state index contributed by atoms with van der Waals surface area (Å²) in [5.41, 5.74) is 2.62. The van der Waals surface area contributed by atoms with Gasteiger partial charge in [-0.1, -0.05) is 100 Å². The summed E-state index contributed by atoms with van der Waals surface area (Å²) in [5.74, 6) is 1.39. The first kappa shape index (κ1) is 55.2. The van der Waals surface area contributed by atoms with E-state index in [1.165, 1.54) is 30.4 Å². The molecule has 0 aliphatic heterocycles. The smallest absolute Gasteiger partial charge is 0.466 e. The number of nitrogens with zero attached hydrogens (tertiary/aromatic N) is 1. The van der Waals surface area contributed by atoms with E-state index in [1.807, 2.05) is 27.2 Å². The summed E-state index contributed by atoms with van der Waals surface area (Å²) >= 11 is 0. The molecule has 0 bridgehead atoms. The van der Waals surface area contributed by atoms with Crippen molar-refractivity contribution in [2.75, 3.05) is 54.1 Å². The topological polar surface area (TPSA) is 142 Å². The number of phosphoric ester groups is 1. The minimum Gasteiger partial charge on any atom is -0.466 e. The van der Waals surface area contributed by atoms with Crippen LogP contribution in [-0.4, -0.2) is 86.6 Å². The molecule has 60 heavy (non-hydrogen) atoms. The summed E-state index contributed by atoms with van der Waals surface area (Å²) in [5, 5.41) is 8.81. The Balaban J connectivity index is 2.37. The van der Waals surface area contributed by atoms with E-state index in [0.29, 0.717) is 30.3 Å². The maximum Gasteiger partial charge on any atom is 0.472 e. The number of likely N-dealkylation sites (N-methyl/N-ethyl adjacent to an activating group) is 1. The minimum absolute atomic E-state index is 0.00817. The summed E-state index contributed by atoms with van der Waals surface area (Å²) in [7, 11) is 1.40. The van der Waals surface area contributed by atoms with E-state index in [2.05, 4.69) is 63.3 Å². The van der Waals surface area contributed by atoms with Crippen molar-refractivity contribution in [1.29, 1.82) is 0 Å². The number of hydrogen-bond acceptors (Lipinski definition) is 9. The Labute approximate surface area is 363 Å². The number of quaternary nitrogens is 1. The molecule has 1 rings (SSSR count). The first-order valence-electron chi connectivity index (χ1n) is 22.8. The van der Waals surface area contributed by atoms with Crippen LogP contribution in [0.3, 0.4) is 0 Å². The van der Waals surface area contributed by atoms with Crippen LogP contribution in [0.15, 0.2) is 53.0 Å². The molecule has 0 amide bonds. The highest BCUT2D eigenvalue weighted by Crippen LogP contribution is 2.43. The predicted octanol–water partition coefficient (Wildman–Crippen LogP) is 11.3. The molecule has 1 heterocycles. The third-order valence-electron chi connectivity index (χ3n) is 10.1. The molecule has 0 fully saturated rings. The Bertz CT molecular complexity index is 1440. The number of allylic oxidation sites excluding steroid dienone is 8. The van der Waals surface area contributed by atoms with E-state index in [4.69, 9.17) is 28.0 Å². The Morgan fingerprint density at radius 3 is 1.77 bits per heavy atom. The number of carbonyl (C=O) groups excluding carboxylic acids is 2. The van der Waals surface area contributed by atoms with Gasteiger partial charge in [0.1, 0.15) is 31.3 Å². The maximum atomic E-state index is 12.7. The molecule has 0 saturated heterocycles. The van der Waals surface area contributed by atoms with Gasteiger partial charge in [0.25, 0.3) is 0 Å². The van der Waals surface area contributed by atoms with Gasteiger partial charge in [0.05, 0.1) is 27.7 Å². The van der Waals surface area contributed by atoms with Crippen LogP contribution in [0.5, 0.6) is 0 Å². The summed E-state index contributed by atoms with van der Waals surface area (Å²) in [6.45, 7) is 6.57. The lowest BCUT2D eigenvalue weighted by Gasteiger charge is -2.24. The van der Waals surface area contributed by atoms with Crippen LogP contribution in [0.2, 0.25) is 0 Å². The number of furan rings is 1. The van der Waals surface area contributed by atoms with Crippen molar-refractivity contribution < 1.29 is 51.6 Å². The van der Waals surface area contributed by atoms with E-state index in [0.717, 1.165) is 101 Å². The second kappa shape index (κ2) is 34.8. The predicted molar refractivity (Wildman–Crippen MR) is 243 cm³/mol. The number of carbonyl (C=O) groups is 2. The lowest BCUT2D eigenvalue weighted by molar-refractivity contribution is -0.870. The fourth-order valence-corrected chi connectivity index (χ4v) is 7.01. The van der Waals surface area contributed by atoms with Crippen molar-refractivity contribution in [3.63, 3.8) is 0 Å². The molecule has 2 atom stereocenters. The molecule has 1 unspecified atom stereocenters. The lowest BCUT2D eigenvalue weighted by Crippen LogP contribution is -2.37. The number of aryl methyl sites for hydroxylation is 2. The number of esters is 2. The van der Waals surface area contributed by atoms with Crippen LogP contribution in [0, 0.1) is 13.8 Å². The molecule has 0 spiro atoms. The molecular weight excluding hydrogens is 781 g/mol. The molecule has 0 saturated carbocycles. The number of aliphatic hydroxyl groups is 1. The zero-order valence-corrected chi connectivity index (χ0v) is 39.2. The lowest BCUT2D eigenvalue weighted by atomic mass is 10.0. The second-order valence-electron chi connectivity index (χ2n) is 16.7. The molecule has 11 nitrogen and oxygen atoms in total. The van der Waals surface area contributed by atoms with Crippen LogP contribution >= 0.6 is 7.82 Å². The van der Waals surface area contributed by atoms with E-state index in [1.54, 1.807) is 0 Å². The second-order valence-corrected chi connectivity index (χ2v) is 18.2. The highest BCUT2D eigenvalue weighted by molar-refractivity contribution is 7.47. The summed E-state index contributed by atoms with van der Waals surface area (Å²) in [6.07, 6.45) is 36.0. The van der Waals surface area contributed by atoms with Crippen LogP contribution in [0.1, 0.15) is 158 Å². The van der Waals surface area contributed by atoms with Gasteiger partial charge >= 0.3 is 19.8 Å². The number of ether oxygens (including phenoxy) is 2. The molecule has 12 heteroatoms. The van der Waals surface area contributed by atoms with Gasteiger partial charge in [-0.3, -0.25) is 18.6 Å². The molecule has 0 aliphatic rings. The van der Waals surface area contributed by atoms with Gasteiger partial charge in [-0.25, -0.2) is 4.57 Å². The van der Waals surface area contributed by atoms with Gasteiger partial charge in [0.2, 0.25) is 0 Å². The van der Waals surface area contributed by atoms with Crippen molar-refractivity contribution in [3.05, 3.63) is 71.3 Å². The monoisotopic (exact) mass is 865 g/mol. The summed E-state index contributed by atoms with van der Waals surface area (Å²) in [6, 6.07) is 0. The van der Waals surface area contributed by atoms with Gasteiger partial charge < -0.3 is 28.4 Å². The van der Waals surface area contributed by atoms with Gasteiger partial charge in [-0.05, 0) is 95.6 Å². The average Bonchev–Trinajstić information content (AvgIpc) is 3.46. The largest absolute Gasteiger partial charge is 0.472 e. The van der Waals surface area contributed by atoms with Crippen LogP contribution in [0.4, 0.5) is 0 Å². The SMILES string of the molecule is CCCc1oc(CCCCCCCCCCC(=O)OC[C@H](COP(=O)(O)OCC[N+](C)(C)C)OC(=O)CCC/C=C\C/C=C\C/C=C\C/C=C\CCCCCO)c(C)c1C. The van der Waals surface area contributed by atoms with E-state index in [9.17, 15) is 19.0 Å². The number of hydrogen-bond donors (Lipinski definition) is 2. The number of aliphatic hydroxyl groups excluding tert-OH is 1. The molecule has 1 aromatic heterocycles. The minimum atomic E-state index is -4.41. The summed E-state index contributed by atoms with van der Waals surface area (Å²) in [4.78, 5) is 35.5. The number of unbranched alkanes of at least 4 members (excludes halogenated alkanes) is 11. The Morgan fingerprint density at radius 1 is 0.667 bits per heavy atom. The first-order valence-corrected chi connectivity index (χ1v) is 24.3. The number of phosphoric acid groups is 1. The number of rotatable bonds is 38. The normalized spacial score (nSPS) is 13.9. The first-order chi connectivity index (χ1) is 28.8. The zero-order chi connectivity index (χ0) is 44.3. The average molecular weight is 865 g/mol. The van der Waals surface area contributed by atoms with Crippen LogP contribution < -0.4 is 0 Å². The van der Waals surface area contributed by atoms with Crippen molar-refractivity contribution in [2.24, 2.45) is 0 Å². The highest BCUT2D eigenvalue weighted by Gasteiger charge is 2.27. The van der Waals surface area contributed by atoms with Gasteiger partial charge in [0, 0.05) is 32.3 Å². The third-order valence-corrected chi connectivity index (χ3v) is 11.1. The maximum absolute atomic E-state index is 12.7. The molecular formula is C48H83NO10P+. The molecule has 344 valence electrons. The molecule has 0 aliphatic carbocycles. The van der Waals surface area contributed by atoms with Crippen molar-refractivity contribution in [2.45, 2.75) is 168 Å². The molecule has 2 N–H and O–H groups in total. The van der Waals surface area contributed by atoms with Crippen LogP contribution in [0.25, 0.3) is 0 Å². The molecule has 1 aromatic rings. The third kappa shape index (κ3) is 31.1. The quantitative estimate of drug-likeness (QED) is 0.0217. The van der Waals surface area contributed by atoms with Gasteiger partial charge in [0.15, 0.2) is 6.10 Å². The van der Waals surface area contributed by atoms with Gasteiger partial charge in [-0.2, -0.15) is 0 Å². The highest BCUT2D eigenvalue weighted by atomic mass is 31.2. The van der Waals surface area contributed by atoms with E-state index in [-0.39, 0.29) is 32.7 Å². The standard InChI is InChI=1S/C48H82NO10P/c1-7-33-45-42(2)43(3)46(59-45)34-29-25-21-18-19-22-26-30-35-47(51)55-40-44(41-57-60(53,54)56-39-37-49(4,5)6)58-48(52)36-31-27-23-17-15-13-11-9-8-10-12-14-16-20-24-28-32-38-50/h8,10-11,13-14,16-17,23,44,50H,7,9,12,15,18-22,24-41H2,1-6H3/p+1/b10-8-,13-11-,16-14-,23-17-/t44-/m1/s1. The fourth-order valence-electron chi connectivity index (χ4n) is 6.27. The van der Waals surface area contributed by atoms with E-state index < -0.39 is 32.5 Å². The van der Waals surface area contributed by atoms with Crippen LogP contribution in [-0.2, 0) is 45.5 Å². The van der Waals surface area contributed by atoms with Gasteiger partial charge in [-0.15, -0.1) is 0 Å². The Hall–Kier alpha value is -2.79. The fraction of sp³-hybridized carbons (Fsp3) is 0.708. The zero-order valence-electron chi connectivity index (χ0n) is 38.3. The molecule has 0 radical (unpaired) electrons. The van der Waals surface area contributed by atoms with Crippen molar-refractivity contribution >= 4 is 19.8 Å². The molecule has 0 aromatic carbocycles. The Morgan fingerprint density at radius 2 is 1.18 bits per heavy atom. The Kier molecular flexibility index (Phi) is 32.0.